The maximum atomic E-state index is 11.4. The quantitative estimate of drug-likeness (QED) is 0.679. The summed E-state index contributed by atoms with van der Waals surface area (Å²) in [5.74, 6) is -1.99. The van der Waals surface area contributed by atoms with E-state index in [4.69, 9.17) is 5.11 Å². The van der Waals surface area contributed by atoms with E-state index in [1.165, 1.54) is 0 Å². The summed E-state index contributed by atoms with van der Waals surface area (Å²) >= 11 is 0. The van der Waals surface area contributed by atoms with E-state index in [2.05, 4.69) is 0 Å². The second-order valence-electron chi connectivity index (χ2n) is 4.24. The molecule has 0 heterocycles. The third-order valence-electron chi connectivity index (χ3n) is 3.82. The van der Waals surface area contributed by atoms with Crippen molar-refractivity contribution in [3.63, 3.8) is 0 Å². The Labute approximate surface area is 97.4 Å². The van der Waals surface area contributed by atoms with Gasteiger partial charge in [-0.3, -0.25) is 4.79 Å². The lowest BCUT2D eigenvalue weighted by Crippen LogP contribution is -2.42. The van der Waals surface area contributed by atoms with E-state index in [0.717, 1.165) is 18.5 Å². The molecule has 0 saturated heterocycles. The molecule has 1 unspecified atom stereocenters. The molecule has 0 saturated carbocycles. The van der Waals surface area contributed by atoms with Crippen LogP contribution in [0.1, 0.15) is 34.1 Å². The fraction of sp³-hybridized carbons (Fsp3) is 0.818. The number of carboxylic acids is 2. The predicted molar refractivity (Wildman–Crippen MR) is 66.8 cm³/mol. The Morgan fingerprint density at radius 1 is 1.06 bits per heavy atom. The second kappa shape index (κ2) is 5.62. The van der Waals surface area contributed by atoms with Crippen LogP contribution < -0.4 is 0 Å². The molecule has 1 atom stereocenters. The first-order valence-electron chi connectivity index (χ1n) is 5.61. The molecule has 0 aromatic carbocycles. The highest BCUT2D eigenvalue weighted by molar-refractivity contribution is 7.78. The van der Waals surface area contributed by atoms with Gasteiger partial charge in [-0.05, 0) is 27.7 Å². The summed E-state index contributed by atoms with van der Waals surface area (Å²) in [5, 5.41) is 17.2. The molecule has 0 aliphatic rings. The highest BCUT2D eigenvalue weighted by Crippen LogP contribution is 2.69. The summed E-state index contributed by atoms with van der Waals surface area (Å²) < 4.78 is 0. The van der Waals surface area contributed by atoms with E-state index < -0.39 is 24.4 Å². The Hall–Kier alpha value is -0.630. The topological polar surface area (TPSA) is 74.6 Å². The molecule has 0 rings (SSSR count). The molecule has 0 aliphatic carbocycles. The molecule has 0 bridgehead atoms. The summed E-state index contributed by atoms with van der Waals surface area (Å²) in [7, 11) is -1.75. The maximum Gasteiger partial charge on any atom is 0.347 e. The summed E-state index contributed by atoms with van der Waals surface area (Å²) in [6.07, 6.45) is 2.09. The maximum absolute atomic E-state index is 11.4. The van der Waals surface area contributed by atoms with Gasteiger partial charge in [-0.2, -0.15) is 0 Å². The lowest BCUT2D eigenvalue weighted by atomic mass is 10.1. The van der Waals surface area contributed by atoms with E-state index in [9.17, 15) is 14.7 Å². The van der Waals surface area contributed by atoms with Gasteiger partial charge < -0.3 is 10.2 Å². The minimum atomic E-state index is -1.75. The van der Waals surface area contributed by atoms with Gasteiger partial charge in [0.25, 0.3) is 0 Å². The second-order valence-corrected chi connectivity index (χ2v) is 9.42. The lowest BCUT2D eigenvalue weighted by Gasteiger charge is -2.37. The fourth-order valence-corrected chi connectivity index (χ4v) is 6.77. The molecular formula is C11H22O4P+. The number of carbonyl (C=O) groups is 2. The first-order valence-corrected chi connectivity index (χ1v) is 7.95. The van der Waals surface area contributed by atoms with Crippen molar-refractivity contribution in [2.75, 3.05) is 18.5 Å². The molecular weight excluding hydrogens is 227 g/mol. The first-order chi connectivity index (χ1) is 7.29. The van der Waals surface area contributed by atoms with Crippen LogP contribution in [0, 0.1) is 0 Å². The van der Waals surface area contributed by atoms with Crippen molar-refractivity contribution >= 4 is 19.2 Å². The van der Waals surface area contributed by atoms with Gasteiger partial charge in [0.1, 0.15) is 0 Å². The van der Waals surface area contributed by atoms with E-state index in [1.807, 2.05) is 20.8 Å². The van der Waals surface area contributed by atoms with E-state index in [0.29, 0.717) is 0 Å². The monoisotopic (exact) mass is 249 g/mol. The number of carboxylic acid groups (broad SMARTS) is 2. The van der Waals surface area contributed by atoms with Crippen LogP contribution in [-0.4, -0.2) is 45.8 Å². The molecule has 4 nitrogen and oxygen atoms in total. The van der Waals surface area contributed by atoms with E-state index in [1.54, 1.807) is 6.92 Å². The predicted octanol–water partition coefficient (Wildman–Crippen LogP) is 2.38. The molecule has 0 aromatic rings. The smallest absolute Gasteiger partial charge is 0.347 e. The minimum absolute atomic E-state index is 0.272. The van der Waals surface area contributed by atoms with Crippen LogP contribution in [0.5, 0.6) is 0 Å². The van der Waals surface area contributed by atoms with E-state index >= 15 is 0 Å². The first kappa shape index (κ1) is 15.4. The van der Waals surface area contributed by atoms with Gasteiger partial charge in [0.15, 0.2) is 5.16 Å². The van der Waals surface area contributed by atoms with Crippen LogP contribution in [0.4, 0.5) is 0 Å². The molecule has 0 fully saturated rings. The third-order valence-corrected chi connectivity index (χ3v) is 9.89. The van der Waals surface area contributed by atoms with Crippen molar-refractivity contribution in [2.24, 2.45) is 0 Å². The number of hydrogen-bond donors (Lipinski definition) is 2. The minimum Gasteiger partial charge on any atom is -0.481 e. The highest BCUT2D eigenvalue weighted by atomic mass is 31.2. The normalized spacial score (nSPS) is 15.5. The number of aliphatic carboxylic acids is 2. The van der Waals surface area contributed by atoms with Gasteiger partial charge in [0, 0.05) is 7.26 Å². The van der Waals surface area contributed by atoms with Gasteiger partial charge in [-0.1, -0.05) is 0 Å². The molecule has 0 aliphatic heterocycles. The summed E-state index contributed by atoms with van der Waals surface area (Å²) in [6.45, 7) is 7.53. The summed E-state index contributed by atoms with van der Waals surface area (Å²) in [5.41, 5.74) is 0. The van der Waals surface area contributed by atoms with Crippen molar-refractivity contribution < 1.29 is 19.8 Å². The zero-order valence-electron chi connectivity index (χ0n) is 10.5. The fourth-order valence-electron chi connectivity index (χ4n) is 2.46. The van der Waals surface area contributed by atoms with Crippen LogP contribution in [0.15, 0.2) is 0 Å². The van der Waals surface area contributed by atoms with E-state index in [-0.39, 0.29) is 6.42 Å². The van der Waals surface area contributed by atoms with Crippen molar-refractivity contribution in [1.29, 1.82) is 0 Å². The number of hydrogen-bond acceptors (Lipinski definition) is 2. The highest BCUT2D eigenvalue weighted by Gasteiger charge is 2.58. The average molecular weight is 249 g/mol. The molecule has 94 valence electrons. The largest absolute Gasteiger partial charge is 0.481 e. The molecule has 0 amide bonds. The van der Waals surface area contributed by atoms with Crippen LogP contribution >= 0.6 is 7.26 Å². The van der Waals surface area contributed by atoms with Gasteiger partial charge in [-0.15, -0.1) is 0 Å². The van der Waals surface area contributed by atoms with Crippen molar-refractivity contribution in [3.8, 4) is 0 Å². The zero-order valence-corrected chi connectivity index (χ0v) is 11.4. The number of rotatable bonds is 7. The zero-order chi connectivity index (χ0) is 13.0. The molecule has 5 heteroatoms. The van der Waals surface area contributed by atoms with Gasteiger partial charge in [0.2, 0.25) is 0 Å². The lowest BCUT2D eigenvalue weighted by molar-refractivity contribution is -0.146. The Morgan fingerprint density at radius 3 is 1.62 bits per heavy atom. The van der Waals surface area contributed by atoms with Crippen LogP contribution in [0.3, 0.4) is 0 Å². The van der Waals surface area contributed by atoms with Crippen LogP contribution in [-0.2, 0) is 9.59 Å². The summed E-state index contributed by atoms with van der Waals surface area (Å²) in [4.78, 5) is 22.3. The van der Waals surface area contributed by atoms with Crippen molar-refractivity contribution in [2.45, 2.75) is 39.3 Å². The average Bonchev–Trinajstić information content (AvgIpc) is 2.19. The molecule has 0 radical (unpaired) electrons. The van der Waals surface area contributed by atoms with Crippen molar-refractivity contribution in [3.05, 3.63) is 0 Å². The van der Waals surface area contributed by atoms with Gasteiger partial charge >= 0.3 is 11.9 Å². The van der Waals surface area contributed by atoms with Gasteiger partial charge in [-0.25, -0.2) is 4.79 Å². The van der Waals surface area contributed by atoms with Crippen LogP contribution in [0.2, 0.25) is 0 Å². The molecule has 16 heavy (non-hydrogen) atoms. The standard InChI is InChI=1S/C11H21O4P/c1-5-16(6-2,7-3)11(4,10(14)15)8-9(12)13/h5-8H2,1-4H3,(H-,12,13,14,15)/p+1. The van der Waals surface area contributed by atoms with Gasteiger partial charge in [0.05, 0.1) is 24.9 Å². The SMILES string of the molecule is CC[P+](CC)(CC)C(C)(CC(=O)O)C(=O)O. The Bertz CT molecular complexity index is 265. The molecule has 0 aromatic heterocycles. The Morgan fingerprint density at radius 2 is 1.44 bits per heavy atom. The van der Waals surface area contributed by atoms with Crippen LogP contribution in [0.25, 0.3) is 0 Å². The summed E-state index contributed by atoms with van der Waals surface area (Å²) in [6, 6.07) is 0. The van der Waals surface area contributed by atoms with Crippen molar-refractivity contribution in [1.82, 2.24) is 0 Å². The third kappa shape index (κ3) is 2.54. The molecule has 0 spiro atoms. The Balaban J connectivity index is 5.45. The Kier molecular flexibility index (Phi) is 5.40. The molecule has 2 N–H and O–H groups in total.